The lowest BCUT2D eigenvalue weighted by atomic mass is 10.1. The Kier molecular flexibility index (Phi) is 5.05. The van der Waals surface area contributed by atoms with Crippen LogP contribution >= 0.6 is 0 Å². The number of aromatic nitrogens is 2. The van der Waals surface area contributed by atoms with Crippen LogP contribution in [0, 0.1) is 0 Å². The SMILES string of the molecule is CCc1ccc(S(=O)(=O)NCCc2ncno2)cc1CO. The van der Waals surface area contributed by atoms with Gasteiger partial charge in [0.05, 0.1) is 11.5 Å². The molecule has 0 radical (unpaired) electrons. The maximum Gasteiger partial charge on any atom is 0.240 e. The number of rotatable bonds is 7. The van der Waals surface area contributed by atoms with E-state index in [2.05, 4.69) is 14.9 Å². The molecule has 1 aromatic heterocycles. The van der Waals surface area contributed by atoms with E-state index in [0.29, 0.717) is 17.9 Å². The Labute approximate surface area is 123 Å². The minimum atomic E-state index is -3.62. The van der Waals surface area contributed by atoms with Crippen molar-refractivity contribution in [3.8, 4) is 0 Å². The Morgan fingerprint density at radius 3 is 2.76 bits per heavy atom. The van der Waals surface area contributed by atoms with Crippen molar-refractivity contribution in [2.45, 2.75) is 31.3 Å². The first-order chi connectivity index (χ1) is 10.1. The molecule has 114 valence electrons. The van der Waals surface area contributed by atoms with Gasteiger partial charge in [-0.25, -0.2) is 13.1 Å². The minimum absolute atomic E-state index is 0.134. The van der Waals surface area contributed by atoms with Crippen LogP contribution in [0.3, 0.4) is 0 Å². The molecule has 0 aliphatic heterocycles. The Bertz CT molecular complexity index is 683. The number of nitrogens with zero attached hydrogens (tertiary/aromatic N) is 2. The fourth-order valence-electron chi connectivity index (χ4n) is 1.94. The fraction of sp³-hybridized carbons (Fsp3) is 0.385. The smallest absolute Gasteiger partial charge is 0.240 e. The third kappa shape index (κ3) is 3.87. The van der Waals surface area contributed by atoms with Crippen LogP contribution in [0.1, 0.15) is 23.9 Å². The van der Waals surface area contributed by atoms with Crippen LogP contribution in [0.2, 0.25) is 0 Å². The fourth-order valence-corrected chi connectivity index (χ4v) is 3.03. The van der Waals surface area contributed by atoms with Crippen LogP contribution in [0.4, 0.5) is 0 Å². The second-order valence-electron chi connectivity index (χ2n) is 4.42. The highest BCUT2D eigenvalue weighted by Gasteiger charge is 2.15. The van der Waals surface area contributed by atoms with E-state index in [4.69, 9.17) is 4.52 Å². The van der Waals surface area contributed by atoms with Gasteiger partial charge in [0, 0.05) is 13.0 Å². The summed E-state index contributed by atoms with van der Waals surface area (Å²) in [6.45, 7) is 1.92. The Balaban J connectivity index is 2.08. The highest BCUT2D eigenvalue weighted by molar-refractivity contribution is 7.89. The average Bonchev–Trinajstić information content (AvgIpc) is 2.99. The van der Waals surface area contributed by atoms with E-state index < -0.39 is 10.0 Å². The summed E-state index contributed by atoms with van der Waals surface area (Å²) in [7, 11) is -3.62. The van der Waals surface area contributed by atoms with Crippen LogP contribution in [0.5, 0.6) is 0 Å². The Morgan fingerprint density at radius 1 is 1.33 bits per heavy atom. The predicted octanol–water partition coefficient (Wildman–Crippen LogP) is 0.645. The van der Waals surface area contributed by atoms with Gasteiger partial charge in [0.2, 0.25) is 15.9 Å². The predicted molar refractivity (Wildman–Crippen MR) is 74.9 cm³/mol. The first kappa shape index (κ1) is 15.6. The van der Waals surface area contributed by atoms with Gasteiger partial charge < -0.3 is 9.63 Å². The number of hydrogen-bond donors (Lipinski definition) is 2. The summed E-state index contributed by atoms with van der Waals surface area (Å²) in [6.07, 6.45) is 2.32. The first-order valence-electron chi connectivity index (χ1n) is 6.54. The molecule has 2 aromatic rings. The van der Waals surface area contributed by atoms with Crippen molar-refractivity contribution in [2.24, 2.45) is 0 Å². The highest BCUT2D eigenvalue weighted by Crippen LogP contribution is 2.17. The Hall–Kier alpha value is -1.77. The molecule has 7 nitrogen and oxygen atoms in total. The quantitative estimate of drug-likeness (QED) is 0.777. The summed E-state index contributed by atoms with van der Waals surface area (Å²) in [5.41, 5.74) is 1.56. The number of benzene rings is 1. The standard InChI is InChI=1S/C13H17N3O4S/c1-2-10-3-4-12(7-11(10)8-17)21(18,19)16-6-5-13-14-9-15-20-13/h3-4,7,9,16-17H,2,5-6,8H2,1H3. The van der Waals surface area contributed by atoms with E-state index in [1.54, 1.807) is 6.07 Å². The number of aliphatic hydroxyl groups is 1. The van der Waals surface area contributed by atoms with E-state index in [1.807, 2.05) is 6.92 Å². The second kappa shape index (κ2) is 6.79. The summed E-state index contributed by atoms with van der Waals surface area (Å²) in [6, 6.07) is 4.75. The lowest BCUT2D eigenvalue weighted by molar-refractivity contribution is 0.280. The molecular formula is C13H17N3O4S. The topological polar surface area (TPSA) is 105 Å². The van der Waals surface area contributed by atoms with Crippen LogP contribution in [0.25, 0.3) is 0 Å². The van der Waals surface area contributed by atoms with Crippen LogP contribution in [-0.4, -0.2) is 30.2 Å². The van der Waals surface area contributed by atoms with Crippen LogP contribution in [0.15, 0.2) is 33.9 Å². The van der Waals surface area contributed by atoms with E-state index >= 15 is 0 Å². The van der Waals surface area contributed by atoms with E-state index in [9.17, 15) is 13.5 Å². The minimum Gasteiger partial charge on any atom is -0.392 e. The highest BCUT2D eigenvalue weighted by atomic mass is 32.2. The molecule has 0 unspecified atom stereocenters. The molecule has 1 heterocycles. The number of aliphatic hydroxyl groups excluding tert-OH is 1. The third-order valence-electron chi connectivity index (χ3n) is 3.08. The summed E-state index contributed by atoms with van der Waals surface area (Å²) in [5.74, 6) is 0.370. The molecule has 0 aliphatic rings. The molecule has 2 rings (SSSR count). The van der Waals surface area contributed by atoms with Crippen LogP contribution < -0.4 is 4.72 Å². The zero-order valence-corrected chi connectivity index (χ0v) is 12.4. The van der Waals surface area contributed by atoms with Gasteiger partial charge in [0.15, 0.2) is 6.33 Å². The van der Waals surface area contributed by atoms with Gasteiger partial charge in [-0.05, 0) is 29.7 Å². The molecule has 0 spiro atoms. The van der Waals surface area contributed by atoms with Crippen molar-refractivity contribution in [1.29, 1.82) is 0 Å². The van der Waals surface area contributed by atoms with Crippen LogP contribution in [-0.2, 0) is 29.5 Å². The molecular weight excluding hydrogens is 294 g/mol. The van der Waals surface area contributed by atoms with E-state index in [0.717, 1.165) is 12.0 Å². The molecule has 0 bridgehead atoms. The molecule has 2 N–H and O–H groups in total. The number of sulfonamides is 1. The maximum absolute atomic E-state index is 12.2. The zero-order chi connectivity index (χ0) is 15.3. The van der Waals surface area contributed by atoms with E-state index in [1.165, 1.54) is 18.5 Å². The summed E-state index contributed by atoms with van der Waals surface area (Å²) in [4.78, 5) is 3.95. The van der Waals surface area contributed by atoms with Gasteiger partial charge in [-0.1, -0.05) is 18.1 Å². The molecule has 0 atom stereocenters. The van der Waals surface area contributed by atoms with Gasteiger partial charge in [-0.15, -0.1) is 0 Å². The third-order valence-corrected chi connectivity index (χ3v) is 4.54. The maximum atomic E-state index is 12.2. The van der Waals surface area contributed by atoms with Crippen molar-refractivity contribution in [3.63, 3.8) is 0 Å². The molecule has 1 aromatic carbocycles. The first-order valence-corrected chi connectivity index (χ1v) is 8.03. The van der Waals surface area contributed by atoms with Gasteiger partial charge in [-0.2, -0.15) is 4.98 Å². The molecule has 21 heavy (non-hydrogen) atoms. The van der Waals surface area contributed by atoms with Gasteiger partial charge in [-0.3, -0.25) is 0 Å². The molecule has 0 saturated heterocycles. The summed E-state index contributed by atoms with van der Waals surface area (Å²) >= 11 is 0. The van der Waals surface area contributed by atoms with Crippen molar-refractivity contribution in [3.05, 3.63) is 41.5 Å². The van der Waals surface area contributed by atoms with Crippen molar-refractivity contribution < 1.29 is 18.0 Å². The van der Waals surface area contributed by atoms with Crippen molar-refractivity contribution in [1.82, 2.24) is 14.9 Å². The summed E-state index contributed by atoms with van der Waals surface area (Å²) < 4.78 is 31.6. The largest absolute Gasteiger partial charge is 0.392 e. The molecule has 8 heteroatoms. The van der Waals surface area contributed by atoms with Crippen molar-refractivity contribution in [2.75, 3.05) is 6.54 Å². The molecule has 0 fully saturated rings. The average molecular weight is 311 g/mol. The Morgan fingerprint density at radius 2 is 2.14 bits per heavy atom. The number of nitrogens with one attached hydrogen (secondary N) is 1. The zero-order valence-electron chi connectivity index (χ0n) is 11.6. The lowest BCUT2D eigenvalue weighted by Gasteiger charge is -2.10. The number of hydrogen-bond acceptors (Lipinski definition) is 6. The molecule has 0 amide bonds. The number of aryl methyl sites for hydroxylation is 1. The second-order valence-corrected chi connectivity index (χ2v) is 6.19. The molecule has 0 saturated carbocycles. The van der Waals surface area contributed by atoms with Gasteiger partial charge >= 0.3 is 0 Å². The lowest BCUT2D eigenvalue weighted by Crippen LogP contribution is -2.26. The monoisotopic (exact) mass is 311 g/mol. The van der Waals surface area contributed by atoms with Gasteiger partial charge in [0.25, 0.3) is 0 Å². The van der Waals surface area contributed by atoms with Crippen molar-refractivity contribution >= 4 is 10.0 Å². The van der Waals surface area contributed by atoms with E-state index in [-0.39, 0.29) is 18.0 Å². The van der Waals surface area contributed by atoms with Gasteiger partial charge in [0.1, 0.15) is 0 Å². The summed E-state index contributed by atoms with van der Waals surface area (Å²) in [5, 5.41) is 12.7. The normalized spacial score (nSPS) is 11.7. The molecule has 0 aliphatic carbocycles.